The normalized spacial score (nSPS) is 14.3. The molecule has 0 radical (unpaired) electrons. The van der Waals surface area contributed by atoms with Crippen molar-refractivity contribution in [2.24, 2.45) is 0 Å². The fraction of sp³-hybridized carbons (Fsp3) is 0.237. The lowest BCUT2D eigenvalue weighted by atomic mass is 9.77. The van der Waals surface area contributed by atoms with Gasteiger partial charge in [-0.2, -0.15) is 0 Å². The first-order chi connectivity index (χ1) is 20.6. The van der Waals surface area contributed by atoms with Crippen molar-refractivity contribution in [2.45, 2.75) is 44.9 Å². The Kier molecular flexibility index (Phi) is 8.05. The Balaban J connectivity index is 0.000000265. The van der Waals surface area contributed by atoms with Gasteiger partial charge in [-0.3, -0.25) is 4.98 Å². The molecule has 1 aliphatic rings. The lowest BCUT2D eigenvalue weighted by Crippen LogP contribution is -2.11. The Morgan fingerprint density at radius 3 is 2.43 bits per heavy atom. The van der Waals surface area contributed by atoms with E-state index in [1.165, 1.54) is 50.9 Å². The number of hydrogen-bond donors (Lipinski definition) is 0. The summed E-state index contributed by atoms with van der Waals surface area (Å²) in [5.74, 6) is 2.09. The first-order valence-electron chi connectivity index (χ1n) is 14.7. The number of aryl methyl sites for hydroxylation is 3. The minimum atomic E-state index is -0.105. The van der Waals surface area contributed by atoms with E-state index in [0.29, 0.717) is 11.5 Å². The Morgan fingerprint density at radius 2 is 1.64 bits per heavy atom. The quantitative estimate of drug-likeness (QED) is 0.198. The predicted molar refractivity (Wildman–Crippen MR) is 171 cm³/mol. The fourth-order valence-electron chi connectivity index (χ4n) is 6.43. The van der Waals surface area contributed by atoms with Crippen LogP contribution in [0.25, 0.3) is 32.3 Å². The third kappa shape index (κ3) is 5.42. The number of ether oxygens (including phenoxy) is 2. The van der Waals surface area contributed by atoms with Gasteiger partial charge in [0.15, 0.2) is 0 Å². The summed E-state index contributed by atoms with van der Waals surface area (Å²) in [5.41, 5.74) is 4.68. The average molecular weight is 558 g/mol. The van der Waals surface area contributed by atoms with E-state index in [0.717, 1.165) is 41.7 Å². The SMILES string of the molecule is COc1cccc2c1c(OC)cc1c3c(ccc12)[C@H](CCc1ccc(C)c(F)c1)CCC3.c1ccc2cnccc2c1. The molecule has 212 valence electrons. The summed E-state index contributed by atoms with van der Waals surface area (Å²) in [6, 6.07) is 28.8. The zero-order valence-electron chi connectivity index (χ0n) is 24.5. The van der Waals surface area contributed by atoms with Gasteiger partial charge in [-0.05, 0) is 118 Å². The van der Waals surface area contributed by atoms with Gasteiger partial charge in [0.2, 0.25) is 0 Å². The van der Waals surface area contributed by atoms with Crippen molar-refractivity contribution in [3.8, 4) is 11.5 Å². The molecule has 0 saturated heterocycles. The highest BCUT2D eigenvalue weighted by atomic mass is 19.1. The van der Waals surface area contributed by atoms with Crippen LogP contribution in [0.15, 0.2) is 97.3 Å². The number of nitrogens with zero attached hydrogens (tertiary/aromatic N) is 1. The van der Waals surface area contributed by atoms with Gasteiger partial charge in [0.05, 0.1) is 19.6 Å². The molecule has 42 heavy (non-hydrogen) atoms. The molecular weight excluding hydrogens is 521 g/mol. The fourth-order valence-corrected chi connectivity index (χ4v) is 6.43. The molecule has 7 rings (SSSR count). The van der Waals surface area contributed by atoms with Crippen LogP contribution in [0.1, 0.15) is 47.4 Å². The molecule has 0 aliphatic heterocycles. The molecular formula is C38H36FNO2. The van der Waals surface area contributed by atoms with Crippen LogP contribution in [0, 0.1) is 12.7 Å². The Hall–Kier alpha value is -4.44. The third-order valence-corrected chi connectivity index (χ3v) is 8.66. The maximum atomic E-state index is 14.0. The number of benzene rings is 5. The van der Waals surface area contributed by atoms with Crippen molar-refractivity contribution >= 4 is 32.3 Å². The van der Waals surface area contributed by atoms with E-state index in [1.807, 2.05) is 55.7 Å². The molecule has 0 N–H and O–H groups in total. The van der Waals surface area contributed by atoms with Gasteiger partial charge >= 0.3 is 0 Å². The van der Waals surface area contributed by atoms with Crippen molar-refractivity contribution < 1.29 is 13.9 Å². The minimum absolute atomic E-state index is 0.105. The van der Waals surface area contributed by atoms with Gasteiger partial charge in [0.1, 0.15) is 17.3 Å². The van der Waals surface area contributed by atoms with Crippen LogP contribution >= 0.6 is 0 Å². The van der Waals surface area contributed by atoms with Crippen molar-refractivity contribution in [3.63, 3.8) is 0 Å². The minimum Gasteiger partial charge on any atom is -0.496 e. The smallest absolute Gasteiger partial charge is 0.131 e. The van der Waals surface area contributed by atoms with Gasteiger partial charge in [0, 0.05) is 12.4 Å². The number of rotatable bonds is 5. The average Bonchev–Trinajstić information content (AvgIpc) is 3.04. The van der Waals surface area contributed by atoms with Crippen molar-refractivity contribution in [1.29, 1.82) is 0 Å². The molecule has 0 bridgehead atoms. The first-order valence-corrected chi connectivity index (χ1v) is 14.7. The number of halogens is 1. The lowest BCUT2D eigenvalue weighted by molar-refractivity contribution is 0.405. The summed E-state index contributed by atoms with van der Waals surface area (Å²) in [4.78, 5) is 4.01. The second kappa shape index (κ2) is 12.2. The molecule has 3 nitrogen and oxygen atoms in total. The molecule has 1 aliphatic carbocycles. The predicted octanol–water partition coefficient (Wildman–Crippen LogP) is 9.75. The van der Waals surface area contributed by atoms with Crippen LogP contribution in [0.3, 0.4) is 0 Å². The Labute approximate surface area is 246 Å². The van der Waals surface area contributed by atoms with Crippen LogP contribution in [-0.4, -0.2) is 19.2 Å². The largest absolute Gasteiger partial charge is 0.496 e. The summed E-state index contributed by atoms with van der Waals surface area (Å²) in [5, 5.41) is 7.17. The van der Waals surface area contributed by atoms with Crippen molar-refractivity contribution in [3.05, 3.63) is 125 Å². The van der Waals surface area contributed by atoms with Gasteiger partial charge in [0.25, 0.3) is 0 Å². The summed E-state index contributed by atoms with van der Waals surface area (Å²) < 4.78 is 25.4. The highest BCUT2D eigenvalue weighted by Crippen LogP contribution is 2.44. The molecule has 1 aromatic heterocycles. The van der Waals surface area contributed by atoms with E-state index in [-0.39, 0.29) is 5.82 Å². The number of pyridine rings is 1. The topological polar surface area (TPSA) is 31.4 Å². The molecule has 1 atom stereocenters. The van der Waals surface area contributed by atoms with E-state index in [2.05, 4.69) is 47.4 Å². The zero-order chi connectivity index (χ0) is 29.1. The molecule has 5 aromatic carbocycles. The molecule has 6 aromatic rings. The van der Waals surface area contributed by atoms with Gasteiger partial charge in [-0.25, -0.2) is 4.39 Å². The molecule has 0 fully saturated rings. The summed E-state index contributed by atoms with van der Waals surface area (Å²) in [7, 11) is 3.43. The van der Waals surface area contributed by atoms with Crippen LogP contribution in [0.2, 0.25) is 0 Å². The summed E-state index contributed by atoms with van der Waals surface area (Å²) in [6.45, 7) is 1.81. The van der Waals surface area contributed by atoms with Crippen LogP contribution in [-0.2, 0) is 12.8 Å². The number of methoxy groups -OCH3 is 2. The lowest BCUT2D eigenvalue weighted by Gasteiger charge is -2.27. The standard InChI is InChI=1S/C29H29FO2.C9H7N/c1-18-10-11-19(16-26(18)30)12-13-20-6-4-7-22-21(20)14-15-23-24-8-5-9-27(31-2)29(24)28(32-3)17-25(22)23;1-2-4-9-7-10-6-5-8(9)3-1/h5,8-11,14-17,20H,4,6-7,12-13H2,1-3H3;1-7H/t20-;/m0./s1. The second-order valence-electron chi connectivity index (χ2n) is 11.1. The van der Waals surface area contributed by atoms with Crippen LogP contribution in [0.4, 0.5) is 4.39 Å². The van der Waals surface area contributed by atoms with E-state index in [1.54, 1.807) is 20.3 Å². The second-order valence-corrected chi connectivity index (χ2v) is 11.1. The Morgan fingerprint density at radius 1 is 0.810 bits per heavy atom. The highest BCUT2D eigenvalue weighted by Gasteiger charge is 2.23. The summed E-state index contributed by atoms with van der Waals surface area (Å²) in [6.07, 6.45) is 9.07. The van der Waals surface area contributed by atoms with Crippen LogP contribution in [0.5, 0.6) is 11.5 Å². The van der Waals surface area contributed by atoms with Crippen molar-refractivity contribution in [1.82, 2.24) is 4.98 Å². The molecule has 0 unspecified atom stereocenters. The summed E-state index contributed by atoms with van der Waals surface area (Å²) >= 11 is 0. The molecule has 4 heteroatoms. The maximum Gasteiger partial charge on any atom is 0.131 e. The van der Waals surface area contributed by atoms with Gasteiger partial charge in [-0.1, -0.05) is 60.7 Å². The van der Waals surface area contributed by atoms with E-state index >= 15 is 0 Å². The van der Waals surface area contributed by atoms with E-state index in [9.17, 15) is 4.39 Å². The molecule has 0 amide bonds. The van der Waals surface area contributed by atoms with Gasteiger partial charge < -0.3 is 9.47 Å². The Bertz CT molecular complexity index is 1810. The monoisotopic (exact) mass is 557 g/mol. The van der Waals surface area contributed by atoms with Crippen molar-refractivity contribution in [2.75, 3.05) is 14.2 Å². The van der Waals surface area contributed by atoms with Crippen LogP contribution < -0.4 is 9.47 Å². The number of aromatic nitrogens is 1. The zero-order valence-corrected chi connectivity index (χ0v) is 24.5. The molecule has 0 spiro atoms. The third-order valence-electron chi connectivity index (χ3n) is 8.66. The maximum absolute atomic E-state index is 14.0. The first kappa shape index (κ1) is 27.7. The molecule has 1 heterocycles. The molecule has 0 saturated carbocycles. The number of fused-ring (bicyclic) bond motifs is 6. The van der Waals surface area contributed by atoms with Gasteiger partial charge in [-0.15, -0.1) is 0 Å². The van der Waals surface area contributed by atoms with E-state index in [4.69, 9.17) is 9.47 Å². The van der Waals surface area contributed by atoms with E-state index < -0.39 is 0 Å². The highest BCUT2D eigenvalue weighted by molar-refractivity contribution is 6.13. The number of hydrogen-bond acceptors (Lipinski definition) is 3.